The number of nitrogens with zero attached hydrogens (tertiary/aromatic N) is 1. The van der Waals surface area contributed by atoms with E-state index < -0.39 is 6.10 Å². The zero-order chi connectivity index (χ0) is 18.5. The topological polar surface area (TPSA) is 55.8 Å². The molecule has 0 bridgehead atoms. The van der Waals surface area contributed by atoms with Crippen molar-refractivity contribution in [3.8, 4) is 5.75 Å². The van der Waals surface area contributed by atoms with Crippen molar-refractivity contribution < 1.29 is 19.1 Å². The van der Waals surface area contributed by atoms with Gasteiger partial charge in [-0.2, -0.15) is 0 Å². The second kappa shape index (κ2) is 8.56. The van der Waals surface area contributed by atoms with E-state index in [-0.39, 0.29) is 17.8 Å². The fourth-order valence-corrected chi connectivity index (χ4v) is 3.96. The molecule has 1 aliphatic heterocycles. The molecule has 3 rings (SSSR count). The molecule has 0 saturated carbocycles. The van der Waals surface area contributed by atoms with E-state index in [0.29, 0.717) is 32.4 Å². The number of carbonyl (C=O) groups excluding carboxylic acids is 2. The molecule has 0 radical (unpaired) electrons. The first-order valence-corrected chi connectivity index (χ1v) is 9.77. The molecular formula is C21H29NO4. The average molecular weight is 359 g/mol. The van der Waals surface area contributed by atoms with E-state index in [1.807, 2.05) is 17.9 Å². The first-order valence-electron chi connectivity index (χ1n) is 9.77. The Balaban J connectivity index is 1.60. The van der Waals surface area contributed by atoms with Crippen LogP contribution in [0.5, 0.6) is 5.75 Å². The Morgan fingerprint density at radius 1 is 1.15 bits per heavy atom. The van der Waals surface area contributed by atoms with E-state index in [4.69, 9.17) is 9.47 Å². The van der Waals surface area contributed by atoms with E-state index in [0.717, 1.165) is 18.6 Å². The Hall–Kier alpha value is -2.04. The Kier molecular flexibility index (Phi) is 6.17. The summed E-state index contributed by atoms with van der Waals surface area (Å²) in [6, 6.07) is 6.24. The largest absolute Gasteiger partial charge is 0.481 e. The van der Waals surface area contributed by atoms with Crippen molar-refractivity contribution in [1.82, 2.24) is 4.90 Å². The van der Waals surface area contributed by atoms with Crippen LogP contribution in [0.1, 0.15) is 50.2 Å². The van der Waals surface area contributed by atoms with Crippen molar-refractivity contribution >= 4 is 11.9 Å². The van der Waals surface area contributed by atoms with E-state index >= 15 is 0 Å². The summed E-state index contributed by atoms with van der Waals surface area (Å²) in [6.45, 7) is 3.15. The molecule has 142 valence electrons. The molecule has 2 aliphatic rings. The number of piperidine rings is 1. The number of methoxy groups -OCH3 is 1. The summed E-state index contributed by atoms with van der Waals surface area (Å²) < 4.78 is 10.9. The summed E-state index contributed by atoms with van der Waals surface area (Å²) >= 11 is 0. The van der Waals surface area contributed by atoms with E-state index in [1.54, 1.807) is 0 Å². The minimum absolute atomic E-state index is 0.0218. The molecule has 1 aromatic carbocycles. The van der Waals surface area contributed by atoms with Gasteiger partial charge in [0.2, 0.25) is 0 Å². The fraction of sp³-hybridized carbons (Fsp3) is 0.619. The fourth-order valence-electron chi connectivity index (χ4n) is 3.96. The van der Waals surface area contributed by atoms with Gasteiger partial charge in [-0.15, -0.1) is 0 Å². The molecule has 1 aromatic rings. The van der Waals surface area contributed by atoms with Crippen LogP contribution in [0.25, 0.3) is 0 Å². The van der Waals surface area contributed by atoms with Crippen LogP contribution >= 0.6 is 0 Å². The third kappa shape index (κ3) is 4.19. The van der Waals surface area contributed by atoms with Crippen LogP contribution in [0, 0.1) is 5.92 Å². The van der Waals surface area contributed by atoms with Gasteiger partial charge in [0.1, 0.15) is 5.75 Å². The lowest BCUT2D eigenvalue weighted by Gasteiger charge is -2.33. The maximum atomic E-state index is 12.9. The van der Waals surface area contributed by atoms with Gasteiger partial charge in [0, 0.05) is 13.1 Å². The average Bonchev–Trinajstić information content (AvgIpc) is 2.71. The Bertz CT molecular complexity index is 649. The summed E-state index contributed by atoms with van der Waals surface area (Å²) in [5.41, 5.74) is 2.77. The third-order valence-electron chi connectivity index (χ3n) is 5.59. The zero-order valence-corrected chi connectivity index (χ0v) is 15.8. The molecule has 1 fully saturated rings. The lowest BCUT2D eigenvalue weighted by molar-refractivity contribution is -0.150. The number of aryl methyl sites for hydroxylation is 2. The molecule has 1 unspecified atom stereocenters. The number of carbonyl (C=O) groups is 2. The van der Waals surface area contributed by atoms with Gasteiger partial charge in [-0.1, -0.05) is 13.0 Å². The number of likely N-dealkylation sites (tertiary alicyclic amines) is 1. The smallest absolute Gasteiger partial charge is 0.308 e. The first kappa shape index (κ1) is 18.7. The van der Waals surface area contributed by atoms with Gasteiger partial charge in [-0.25, -0.2) is 0 Å². The van der Waals surface area contributed by atoms with E-state index in [9.17, 15) is 9.59 Å². The number of hydrogen-bond acceptors (Lipinski definition) is 4. The molecule has 1 aliphatic carbocycles. The van der Waals surface area contributed by atoms with E-state index in [1.165, 1.54) is 31.1 Å². The van der Waals surface area contributed by atoms with Crippen LogP contribution < -0.4 is 4.74 Å². The quantitative estimate of drug-likeness (QED) is 0.758. The van der Waals surface area contributed by atoms with Crippen LogP contribution in [0.15, 0.2) is 18.2 Å². The highest BCUT2D eigenvalue weighted by Crippen LogP contribution is 2.27. The predicted molar refractivity (Wildman–Crippen MR) is 99.1 cm³/mol. The van der Waals surface area contributed by atoms with Gasteiger partial charge >= 0.3 is 5.97 Å². The van der Waals surface area contributed by atoms with Crippen molar-refractivity contribution in [1.29, 1.82) is 0 Å². The normalized spacial score (nSPS) is 18.8. The molecule has 1 heterocycles. The maximum Gasteiger partial charge on any atom is 0.308 e. The summed E-state index contributed by atoms with van der Waals surface area (Å²) in [6.07, 6.45) is 6.20. The number of hydrogen-bond donors (Lipinski definition) is 0. The third-order valence-corrected chi connectivity index (χ3v) is 5.59. The second-order valence-corrected chi connectivity index (χ2v) is 7.28. The minimum atomic E-state index is -0.466. The van der Waals surface area contributed by atoms with Crippen molar-refractivity contribution in [2.24, 2.45) is 5.92 Å². The Labute approximate surface area is 155 Å². The molecule has 5 heteroatoms. The lowest BCUT2D eigenvalue weighted by atomic mass is 9.92. The van der Waals surface area contributed by atoms with Crippen molar-refractivity contribution in [3.05, 3.63) is 29.3 Å². The lowest BCUT2D eigenvalue weighted by Crippen LogP contribution is -2.46. The van der Waals surface area contributed by atoms with Gasteiger partial charge < -0.3 is 14.4 Å². The molecule has 1 saturated heterocycles. The van der Waals surface area contributed by atoms with Crippen LogP contribution in [0.2, 0.25) is 0 Å². The van der Waals surface area contributed by atoms with Gasteiger partial charge in [0.05, 0.1) is 13.0 Å². The number of rotatable bonds is 5. The van der Waals surface area contributed by atoms with Crippen molar-refractivity contribution in [2.75, 3.05) is 20.2 Å². The summed E-state index contributed by atoms with van der Waals surface area (Å²) in [4.78, 5) is 26.3. The first-order chi connectivity index (χ1) is 12.6. The molecule has 0 N–H and O–H groups in total. The number of amides is 1. The molecule has 0 spiro atoms. The van der Waals surface area contributed by atoms with E-state index in [2.05, 4.69) is 12.1 Å². The summed E-state index contributed by atoms with van der Waals surface area (Å²) in [7, 11) is 1.42. The number of fused-ring (bicyclic) bond motifs is 1. The maximum absolute atomic E-state index is 12.9. The summed E-state index contributed by atoms with van der Waals surface area (Å²) in [5.74, 6) is 0.545. The SMILES string of the molecule is CCC(Oc1ccc2c(c1)CCCC2)C(=O)N1CCC(C(=O)OC)CC1. The van der Waals surface area contributed by atoms with Crippen molar-refractivity contribution in [2.45, 2.75) is 58.0 Å². The molecule has 0 aromatic heterocycles. The van der Waals surface area contributed by atoms with Gasteiger partial charge in [0.15, 0.2) is 6.10 Å². The predicted octanol–water partition coefficient (Wildman–Crippen LogP) is 3.13. The van der Waals surface area contributed by atoms with Crippen LogP contribution in [-0.4, -0.2) is 43.1 Å². The second-order valence-electron chi connectivity index (χ2n) is 7.28. The van der Waals surface area contributed by atoms with Crippen LogP contribution in [0.3, 0.4) is 0 Å². The van der Waals surface area contributed by atoms with Gasteiger partial charge in [-0.3, -0.25) is 9.59 Å². The van der Waals surface area contributed by atoms with Crippen LogP contribution in [0.4, 0.5) is 0 Å². The monoisotopic (exact) mass is 359 g/mol. The number of benzene rings is 1. The highest BCUT2D eigenvalue weighted by atomic mass is 16.5. The van der Waals surface area contributed by atoms with Gasteiger partial charge in [-0.05, 0) is 68.2 Å². The minimum Gasteiger partial charge on any atom is -0.481 e. The Morgan fingerprint density at radius 3 is 2.50 bits per heavy atom. The standard InChI is InChI=1S/C21H29NO4/c1-3-19(20(23)22-12-10-16(11-13-22)21(24)25-2)26-18-9-8-15-6-4-5-7-17(15)14-18/h8-9,14,16,19H,3-7,10-13H2,1-2H3. The molecular weight excluding hydrogens is 330 g/mol. The molecule has 1 amide bonds. The molecule has 1 atom stereocenters. The molecule has 5 nitrogen and oxygen atoms in total. The van der Waals surface area contributed by atoms with Crippen molar-refractivity contribution in [3.63, 3.8) is 0 Å². The highest BCUT2D eigenvalue weighted by Gasteiger charge is 2.31. The number of esters is 1. The zero-order valence-electron chi connectivity index (χ0n) is 15.8. The summed E-state index contributed by atoms with van der Waals surface area (Å²) in [5, 5.41) is 0. The Morgan fingerprint density at radius 2 is 1.85 bits per heavy atom. The highest BCUT2D eigenvalue weighted by molar-refractivity contribution is 5.81. The van der Waals surface area contributed by atoms with Crippen LogP contribution in [-0.2, 0) is 27.2 Å². The number of ether oxygens (including phenoxy) is 2. The molecule has 26 heavy (non-hydrogen) atoms. The van der Waals surface area contributed by atoms with Gasteiger partial charge in [0.25, 0.3) is 5.91 Å².